The van der Waals surface area contributed by atoms with E-state index >= 15 is 0 Å². The van der Waals surface area contributed by atoms with Gasteiger partial charge in [-0.15, -0.1) is 0 Å². The lowest BCUT2D eigenvalue weighted by atomic mass is 10.1. The van der Waals surface area contributed by atoms with Crippen molar-refractivity contribution < 1.29 is 23.6 Å². The van der Waals surface area contributed by atoms with Crippen LogP contribution in [0.3, 0.4) is 0 Å². The van der Waals surface area contributed by atoms with Crippen molar-refractivity contribution in [2.75, 3.05) is 34.9 Å². The minimum Gasteiger partial charge on any atom is -0.493 e. The Morgan fingerprint density at radius 1 is 1.31 bits per heavy atom. The fourth-order valence-electron chi connectivity index (χ4n) is 2.50. The van der Waals surface area contributed by atoms with E-state index in [0.717, 1.165) is 0 Å². The molecule has 0 aliphatic rings. The van der Waals surface area contributed by atoms with E-state index in [-0.39, 0.29) is 35.3 Å². The molecule has 0 saturated heterocycles. The maximum Gasteiger partial charge on any atom is 0.286 e. The first-order chi connectivity index (χ1) is 12.4. The first-order valence-electron chi connectivity index (χ1n) is 7.77. The first kappa shape index (κ1) is 19.3. The number of hydrogen-bond acceptors (Lipinski definition) is 7. The summed E-state index contributed by atoms with van der Waals surface area (Å²) in [7, 11) is 6.45. The third-order valence-corrected chi connectivity index (χ3v) is 3.89. The Labute approximate surface area is 150 Å². The highest BCUT2D eigenvalue weighted by Crippen LogP contribution is 2.34. The summed E-state index contributed by atoms with van der Waals surface area (Å²) in [6.07, 6.45) is 1.55. The van der Waals surface area contributed by atoms with Gasteiger partial charge in [0.15, 0.2) is 11.5 Å². The number of methoxy groups -OCH3 is 2. The lowest BCUT2D eigenvalue weighted by Crippen LogP contribution is -2.34. The highest BCUT2D eigenvalue weighted by Gasteiger charge is 2.26. The first-order valence-corrected chi connectivity index (χ1v) is 7.77. The molecule has 1 aromatic heterocycles. The van der Waals surface area contributed by atoms with E-state index in [1.54, 1.807) is 18.4 Å². The van der Waals surface area contributed by atoms with Crippen LogP contribution < -0.4 is 14.8 Å². The van der Waals surface area contributed by atoms with Crippen molar-refractivity contribution in [1.29, 1.82) is 0 Å². The number of nitrogens with one attached hydrogen (secondary N) is 1. The number of likely N-dealkylation sites (N-methyl/N-ethyl adjacent to an activating group) is 1. The van der Waals surface area contributed by atoms with Crippen molar-refractivity contribution in [2.24, 2.45) is 0 Å². The number of hydrogen-bond donors (Lipinski definition) is 1. The predicted molar refractivity (Wildman–Crippen MR) is 93.7 cm³/mol. The molecule has 9 heteroatoms. The number of benzene rings is 1. The quantitative estimate of drug-likeness (QED) is 0.566. The van der Waals surface area contributed by atoms with E-state index in [1.165, 1.54) is 26.4 Å². The van der Waals surface area contributed by atoms with Gasteiger partial charge in [0.05, 0.1) is 37.5 Å². The lowest BCUT2D eigenvalue weighted by molar-refractivity contribution is -0.385. The van der Waals surface area contributed by atoms with Crippen LogP contribution in [0.4, 0.5) is 5.69 Å². The van der Waals surface area contributed by atoms with Crippen LogP contribution in [0.25, 0.3) is 0 Å². The van der Waals surface area contributed by atoms with Crippen molar-refractivity contribution in [3.05, 3.63) is 52.0 Å². The summed E-state index contributed by atoms with van der Waals surface area (Å²) in [6.45, 7) is 0.213. The van der Waals surface area contributed by atoms with Gasteiger partial charge in [-0.1, -0.05) is 0 Å². The number of rotatable bonds is 8. The maximum absolute atomic E-state index is 12.6. The van der Waals surface area contributed by atoms with Gasteiger partial charge in [0.25, 0.3) is 11.6 Å². The van der Waals surface area contributed by atoms with Crippen molar-refractivity contribution in [3.8, 4) is 11.5 Å². The molecule has 0 aliphatic carbocycles. The van der Waals surface area contributed by atoms with Crippen LogP contribution in [0.15, 0.2) is 34.9 Å². The monoisotopic (exact) mass is 363 g/mol. The van der Waals surface area contributed by atoms with Crippen molar-refractivity contribution in [1.82, 2.24) is 10.2 Å². The number of amides is 1. The molecule has 1 heterocycles. The zero-order valence-electron chi connectivity index (χ0n) is 15.0. The molecule has 1 amide bonds. The molecule has 1 N–H and O–H groups in total. The van der Waals surface area contributed by atoms with Crippen LogP contribution in [0.2, 0.25) is 0 Å². The Bertz CT molecular complexity index is 773. The molecule has 0 aliphatic heterocycles. The molecule has 1 aromatic carbocycles. The second-order valence-corrected chi connectivity index (χ2v) is 5.69. The second kappa shape index (κ2) is 8.34. The lowest BCUT2D eigenvalue weighted by Gasteiger charge is -2.22. The fourth-order valence-corrected chi connectivity index (χ4v) is 2.50. The summed E-state index contributed by atoms with van der Waals surface area (Å²) < 4.78 is 15.6. The minimum absolute atomic E-state index is 0.107. The Morgan fingerprint density at radius 2 is 1.96 bits per heavy atom. The summed E-state index contributed by atoms with van der Waals surface area (Å²) in [4.78, 5) is 25.2. The van der Waals surface area contributed by atoms with Gasteiger partial charge >= 0.3 is 0 Å². The number of nitro benzene ring substituents is 1. The average molecular weight is 363 g/mol. The topological polar surface area (TPSA) is 107 Å². The number of carbonyl (C=O) groups excluding carboxylic acids is 1. The van der Waals surface area contributed by atoms with E-state index in [1.807, 2.05) is 19.0 Å². The SMILES string of the molecule is COc1cc(C(=O)NC[C@@H](c2ccco2)N(C)C)c([N+](=O)[O-])cc1OC. The van der Waals surface area contributed by atoms with Crippen LogP contribution in [-0.2, 0) is 0 Å². The standard InChI is InChI=1S/C17H21N3O6/c1-19(2)13(14-6-5-7-26-14)10-18-17(21)11-8-15(24-3)16(25-4)9-12(11)20(22)23/h5-9,13H,10H2,1-4H3,(H,18,21)/t13-/m0/s1. The Balaban J connectivity index is 2.26. The molecule has 0 fully saturated rings. The van der Waals surface area contributed by atoms with E-state index in [0.29, 0.717) is 5.76 Å². The van der Waals surface area contributed by atoms with Crippen LogP contribution in [-0.4, -0.2) is 50.6 Å². The molecule has 0 spiro atoms. The summed E-state index contributed by atoms with van der Waals surface area (Å²) in [5, 5.41) is 14.0. The van der Waals surface area contributed by atoms with Gasteiger partial charge in [0, 0.05) is 12.6 Å². The number of nitrogens with zero attached hydrogens (tertiary/aromatic N) is 2. The van der Waals surface area contributed by atoms with Crippen LogP contribution >= 0.6 is 0 Å². The smallest absolute Gasteiger partial charge is 0.286 e. The van der Waals surface area contributed by atoms with Gasteiger partial charge in [-0.25, -0.2) is 0 Å². The Hall–Kier alpha value is -3.07. The van der Waals surface area contributed by atoms with Crippen molar-refractivity contribution >= 4 is 11.6 Å². The molecular weight excluding hydrogens is 342 g/mol. The molecule has 2 rings (SSSR count). The molecule has 9 nitrogen and oxygen atoms in total. The zero-order chi connectivity index (χ0) is 19.3. The Morgan fingerprint density at radius 3 is 2.46 bits per heavy atom. The van der Waals surface area contributed by atoms with Crippen LogP contribution in [0.1, 0.15) is 22.2 Å². The summed E-state index contributed by atoms with van der Waals surface area (Å²) in [6, 6.07) is 5.81. The van der Waals surface area contributed by atoms with Crippen LogP contribution in [0, 0.1) is 10.1 Å². The average Bonchev–Trinajstić information content (AvgIpc) is 3.14. The molecule has 0 bridgehead atoms. The highest BCUT2D eigenvalue weighted by molar-refractivity contribution is 5.99. The van der Waals surface area contributed by atoms with Crippen LogP contribution in [0.5, 0.6) is 11.5 Å². The highest BCUT2D eigenvalue weighted by atomic mass is 16.6. The molecule has 140 valence electrons. The van der Waals surface area contributed by atoms with Crippen molar-refractivity contribution in [2.45, 2.75) is 6.04 Å². The van der Waals surface area contributed by atoms with Gasteiger partial charge in [0.2, 0.25) is 0 Å². The van der Waals surface area contributed by atoms with E-state index in [4.69, 9.17) is 13.9 Å². The Kier molecular flexibility index (Phi) is 6.18. The number of furan rings is 1. The number of ether oxygens (including phenoxy) is 2. The second-order valence-electron chi connectivity index (χ2n) is 5.69. The van der Waals surface area contributed by atoms with E-state index in [2.05, 4.69) is 5.32 Å². The number of carbonyl (C=O) groups is 1. The summed E-state index contributed by atoms with van der Waals surface area (Å²) in [5.74, 6) is 0.504. The van der Waals surface area contributed by atoms with Gasteiger partial charge in [0.1, 0.15) is 11.3 Å². The summed E-state index contributed by atoms with van der Waals surface area (Å²) in [5.41, 5.74) is -0.468. The van der Waals surface area contributed by atoms with Gasteiger partial charge in [-0.3, -0.25) is 19.8 Å². The molecule has 1 atom stereocenters. The molecule has 0 saturated carbocycles. The third kappa shape index (κ3) is 4.12. The summed E-state index contributed by atoms with van der Waals surface area (Å²) >= 11 is 0. The fraction of sp³-hybridized carbons (Fsp3) is 0.353. The molecule has 26 heavy (non-hydrogen) atoms. The predicted octanol–water partition coefficient (Wildman–Crippen LogP) is 2.24. The molecular formula is C17H21N3O6. The van der Waals surface area contributed by atoms with Gasteiger partial charge in [-0.2, -0.15) is 0 Å². The largest absolute Gasteiger partial charge is 0.493 e. The van der Waals surface area contributed by atoms with E-state index < -0.39 is 10.8 Å². The molecule has 2 aromatic rings. The zero-order valence-corrected chi connectivity index (χ0v) is 15.0. The third-order valence-electron chi connectivity index (χ3n) is 3.89. The minimum atomic E-state index is -0.632. The normalized spacial score (nSPS) is 11.9. The number of nitro groups is 1. The molecule has 0 unspecified atom stereocenters. The maximum atomic E-state index is 12.6. The molecule has 0 radical (unpaired) electrons. The van der Waals surface area contributed by atoms with E-state index in [9.17, 15) is 14.9 Å². The van der Waals surface area contributed by atoms with Crippen molar-refractivity contribution in [3.63, 3.8) is 0 Å². The van der Waals surface area contributed by atoms with Gasteiger partial charge in [-0.05, 0) is 26.2 Å². The van der Waals surface area contributed by atoms with Gasteiger partial charge < -0.3 is 19.2 Å².